The van der Waals surface area contributed by atoms with Crippen LogP contribution in [0.3, 0.4) is 0 Å². The number of aromatic nitrogens is 1. The van der Waals surface area contributed by atoms with Crippen molar-refractivity contribution in [3.63, 3.8) is 0 Å². The zero-order chi connectivity index (χ0) is 24.1. The van der Waals surface area contributed by atoms with Crippen LogP contribution in [0.15, 0.2) is 58.5 Å². The Balaban J connectivity index is 1.43. The molecule has 178 valence electrons. The number of carboxylic acids is 1. The quantitative estimate of drug-likeness (QED) is 0.228. The molecule has 34 heavy (non-hydrogen) atoms. The number of anilines is 2. The Kier molecular flexibility index (Phi) is 7.23. The van der Waals surface area contributed by atoms with Crippen LogP contribution in [0.5, 0.6) is 5.75 Å². The van der Waals surface area contributed by atoms with Crippen LogP contribution in [0.4, 0.5) is 24.0 Å². The van der Waals surface area contributed by atoms with Crippen molar-refractivity contribution in [3.05, 3.63) is 70.3 Å². The van der Waals surface area contributed by atoms with Crippen LogP contribution in [-0.4, -0.2) is 22.7 Å². The number of thiazole rings is 1. The van der Waals surface area contributed by atoms with Crippen molar-refractivity contribution in [1.29, 1.82) is 0 Å². The minimum atomic E-state index is -4.58. The SMILES string of the molecule is O=C(O)Cc1ccc(-c2csc(Nc3ccc(OCCCc4ccco4)c(C(F)(F)F)c3)n2)s1. The summed E-state index contributed by atoms with van der Waals surface area (Å²) in [7, 11) is 0. The van der Waals surface area contributed by atoms with Gasteiger partial charge in [-0.05, 0) is 48.9 Å². The van der Waals surface area contributed by atoms with Gasteiger partial charge in [0.2, 0.25) is 0 Å². The second-order valence-electron chi connectivity index (χ2n) is 7.24. The van der Waals surface area contributed by atoms with Crippen molar-refractivity contribution >= 4 is 39.5 Å². The molecule has 0 aliphatic carbocycles. The van der Waals surface area contributed by atoms with Gasteiger partial charge >= 0.3 is 12.1 Å². The molecule has 0 saturated heterocycles. The summed E-state index contributed by atoms with van der Waals surface area (Å²) in [6.45, 7) is 0.122. The van der Waals surface area contributed by atoms with E-state index in [-0.39, 0.29) is 24.5 Å². The van der Waals surface area contributed by atoms with E-state index in [1.54, 1.807) is 35.9 Å². The van der Waals surface area contributed by atoms with Gasteiger partial charge in [-0.3, -0.25) is 4.79 Å². The first kappa shape index (κ1) is 23.8. The van der Waals surface area contributed by atoms with Gasteiger partial charge in [0.1, 0.15) is 11.5 Å². The van der Waals surface area contributed by atoms with Crippen LogP contribution < -0.4 is 10.1 Å². The van der Waals surface area contributed by atoms with E-state index in [1.165, 1.54) is 34.8 Å². The number of alkyl halides is 3. The largest absolute Gasteiger partial charge is 0.493 e. The van der Waals surface area contributed by atoms with E-state index >= 15 is 0 Å². The number of nitrogens with one attached hydrogen (secondary N) is 1. The number of carboxylic acid groups (broad SMARTS) is 1. The lowest BCUT2D eigenvalue weighted by Crippen LogP contribution is -2.10. The minimum Gasteiger partial charge on any atom is -0.493 e. The smallest absolute Gasteiger partial charge is 0.420 e. The van der Waals surface area contributed by atoms with Crippen LogP contribution in [0.1, 0.15) is 22.6 Å². The fourth-order valence-electron chi connectivity index (χ4n) is 3.17. The Morgan fingerprint density at radius 1 is 1.21 bits per heavy atom. The third kappa shape index (κ3) is 6.17. The summed E-state index contributed by atoms with van der Waals surface area (Å²) in [6, 6.07) is 10.9. The molecule has 3 heterocycles. The average Bonchev–Trinajstić information content (AvgIpc) is 3.53. The summed E-state index contributed by atoms with van der Waals surface area (Å²) in [5.74, 6) is -0.399. The summed E-state index contributed by atoms with van der Waals surface area (Å²) in [5.41, 5.74) is -0.0144. The van der Waals surface area contributed by atoms with E-state index in [4.69, 9.17) is 14.3 Å². The highest BCUT2D eigenvalue weighted by Crippen LogP contribution is 2.39. The van der Waals surface area contributed by atoms with Gasteiger partial charge in [0.25, 0.3) is 0 Å². The van der Waals surface area contributed by atoms with Gasteiger partial charge in [0.15, 0.2) is 5.13 Å². The Bertz CT molecular complexity index is 1250. The number of nitrogens with zero attached hydrogens (tertiary/aromatic N) is 1. The number of ether oxygens (including phenoxy) is 1. The first-order valence-electron chi connectivity index (χ1n) is 10.2. The molecular formula is C23H19F3N2O4S2. The number of carbonyl (C=O) groups is 1. The standard InChI is InChI=1S/C23H19F3N2O4S2/c24-23(25,26)17-11-14(5-7-19(17)32-10-2-4-15-3-1-9-31-15)27-22-28-18(13-33-22)20-8-6-16(34-20)12-21(29)30/h1,3,5-9,11,13H,2,4,10,12H2,(H,27,28)(H,29,30). The second-order valence-corrected chi connectivity index (χ2v) is 9.27. The first-order chi connectivity index (χ1) is 16.3. The fourth-order valence-corrected chi connectivity index (χ4v) is 4.93. The number of thiophene rings is 1. The van der Waals surface area contributed by atoms with Gasteiger partial charge in [-0.15, -0.1) is 22.7 Å². The first-order valence-corrected chi connectivity index (χ1v) is 11.9. The van der Waals surface area contributed by atoms with Crippen molar-refractivity contribution in [2.75, 3.05) is 11.9 Å². The lowest BCUT2D eigenvalue weighted by molar-refractivity contribution is -0.139. The Morgan fingerprint density at radius 3 is 2.79 bits per heavy atom. The molecule has 4 rings (SSSR count). The lowest BCUT2D eigenvalue weighted by Gasteiger charge is -2.15. The number of benzene rings is 1. The van der Waals surface area contributed by atoms with Gasteiger partial charge in [0, 0.05) is 22.4 Å². The number of aliphatic carboxylic acids is 1. The van der Waals surface area contributed by atoms with E-state index in [2.05, 4.69) is 10.3 Å². The highest BCUT2D eigenvalue weighted by molar-refractivity contribution is 7.17. The summed E-state index contributed by atoms with van der Waals surface area (Å²) >= 11 is 2.56. The lowest BCUT2D eigenvalue weighted by atomic mass is 10.1. The molecule has 0 fully saturated rings. The van der Waals surface area contributed by atoms with Gasteiger partial charge in [0.05, 0.1) is 35.4 Å². The molecule has 0 aliphatic rings. The summed E-state index contributed by atoms with van der Waals surface area (Å²) in [4.78, 5) is 16.8. The molecular weight excluding hydrogens is 489 g/mol. The highest BCUT2D eigenvalue weighted by atomic mass is 32.1. The predicted octanol–water partition coefficient (Wildman–Crippen LogP) is 6.87. The Hall–Kier alpha value is -3.31. The second kappa shape index (κ2) is 10.3. The van der Waals surface area contributed by atoms with Crippen molar-refractivity contribution < 1.29 is 32.2 Å². The number of hydrogen-bond donors (Lipinski definition) is 2. The Labute approximate surface area is 200 Å². The molecule has 0 radical (unpaired) electrons. The maximum absolute atomic E-state index is 13.6. The van der Waals surface area contributed by atoms with Gasteiger partial charge < -0.3 is 19.6 Å². The molecule has 0 unspecified atom stereocenters. The molecule has 0 bridgehead atoms. The molecule has 0 amide bonds. The molecule has 4 aromatic rings. The number of aryl methyl sites for hydroxylation is 1. The summed E-state index contributed by atoms with van der Waals surface area (Å²) < 4.78 is 51.6. The number of rotatable bonds is 10. The fraction of sp³-hybridized carbons (Fsp3) is 0.217. The molecule has 6 nitrogen and oxygen atoms in total. The van der Waals surface area contributed by atoms with Crippen LogP contribution in [0.25, 0.3) is 10.6 Å². The van der Waals surface area contributed by atoms with Crippen LogP contribution in [0, 0.1) is 0 Å². The van der Waals surface area contributed by atoms with E-state index in [0.29, 0.717) is 28.5 Å². The van der Waals surface area contributed by atoms with E-state index in [0.717, 1.165) is 16.7 Å². The average molecular weight is 509 g/mol. The molecule has 1 aromatic carbocycles. The summed E-state index contributed by atoms with van der Waals surface area (Å²) in [6.07, 6.45) is -2.02. The summed E-state index contributed by atoms with van der Waals surface area (Å²) in [5, 5.41) is 14.0. The zero-order valence-electron chi connectivity index (χ0n) is 17.6. The van der Waals surface area contributed by atoms with Crippen molar-refractivity contribution in [3.8, 4) is 16.3 Å². The molecule has 3 aromatic heterocycles. The van der Waals surface area contributed by atoms with Crippen molar-refractivity contribution in [2.24, 2.45) is 0 Å². The number of halogens is 3. The van der Waals surface area contributed by atoms with Gasteiger partial charge in [-0.1, -0.05) is 0 Å². The van der Waals surface area contributed by atoms with Crippen LogP contribution in [-0.2, 0) is 23.8 Å². The van der Waals surface area contributed by atoms with Gasteiger partial charge in [-0.25, -0.2) is 4.98 Å². The Morgan fingerprint density at radius 2 is 2.06 bits per heavy atom. The van der Waals surface area contributed by atoms with Crippen LogP contribution >= 0.6 is 22.7 Å². The maximum Gasteiger partial charge on any atom is 0.420 e. The molecule has 0 saturated carbocycles. The maximum atomic E-state index is 13.6. The van der Waals surface area contributed by atoms with Crippen molar-refractivity contribution in [2.45, 2.75) is 25.4 Å². The van der Waals surface area contributed by atoms with E-state index in [9.17, 15) is 18.0 Å². The topological polar surface area (TPSA) is 84.6 Å². The normalized spacial score (nSPS) is 11.5. The van der Waals surface area contributed by atoms with E-state index in [1.807, 2.05) is 0 Å². The third-order valence-corrected chi connectivity index (χ3v) is 6.55. The monoisotopic (exact) mass is 508 g/mol. The molecule has 0 atom stereocenters. The van der Waals surface area contributed by atoms with Crippen LogP contribution in [0.2, 0.25) is 0 Å². The molecule has 2 N–H and O–H groups in total. The van der Waals surface area contributed by atoms with Crippen molar-refractivity contribution in [1.82, 2.24) is 4.98 Å². The van der Waals surface area contributed by atoms with Gasteiger partial charge in [-0.2, -0.15) is 13.2 Å². The number of furan rings is 1. The minimum absolute atomic E-state index is 0.0720. The van der Waals surface area contributed by atoms with E-state index < -0.39 is 17.7 Å². The number of hydrogen-bond acceptors (Lipinski definition) is 7. The molecule has 0 aliphatic heterocycles. The predicted molar refractivity (Wildman–Crippen MR) is 124 cm³/mol. The molecule has 11 heteroatoms. The zero-order valence-corrected chi connectivity index (χ0v) is 19.2. The third-order valence-electron chi connectivity index (χ3n) is 4.69. The highest BCUT2D eigenvalue weighted by Gasteiger charge is 2.34. The molecule has 0 spiro atoms.